The maximum Gasteiger partial charge on any atom is 0.228 e. The van der Waals surface area contributed by atoms with E-state index < -0.39 is 0 Å². The monoisotopic (exact) mass is 360 g/mol. The lowest BCUT2D eigenvalue weighted by Crippen LogP contribution is -2.39. The minimum atomic E-state index is -0.328. The predicted octanol–water partition coefficient (Wildman–Crippen LogP) is 4.32. The summed E-state index contributed by atoms with van der Waals surface area (Å²) in [7, 11) is 0. The fourth-order valence-corrected chi connectivity index (χ4v) is 4.43. The number of benzene rings is 2. The van der Waals surface area contributed by atoms with Crippen molar-refractivity contribution in [2.45, 2.75) is 20.3 Å². The number of rotatable bonds is 4. The Balaban J connectivity index is 1.53. The topological polar surface area (TPSA) is 58.2 Å². The maximum absolute atomic E-state index is 13.0. The van der Waals surface area contributed by atoms with E-state index in [1.165, 1.54) is 0 Å². The summed E-state index contributed by atoms with van der Waals surface area (Å²) in [5.74, 6) is -0.527. The molecular formula is C23H24N2O2. The van der Waals surface area contributed by atoms with Crippen molar-refractivity contribution in [2.75, 3.05) is 10.6 Å². The highest BCUT2D eigenvalue weighted by Gasteiger charge is 2.51. The largest absolute Gasteiger partial charge is 0.326 e. The first-order valence-electron chi connectivity index (χ1n) is 9.44. The highest BCUT2D eigenvalue weighted by Crippen LogP contribution is 2.48. The van der Waals surface area contributed by atoms with Gasteiger partial charge in [0.2, 0.25) is 11.8 Å². The predicted molar refractivity (Wildman–Crippen MR) is 107 cm³/mol. The number of aryl methyl sites for hydroxylation is 2. The minimum absolute atomic E-state index is 0.0677. The summed E-state index contributed by atoms with van der Waals surface area (Å²) in [5, 5.41) is 6.03. The number of hydrogen-bond acceptors (Lipinski definition) is 2. The second-order valence-electron chi connectivity index (χ2n) is 7.72. The van der Waals surface area contributed by atoms with Crippen molar-refractivity contribution in [2.24, 2.45) is 23.7 Å². The molecule has 1 saturated carbocycles. The molecule has 1 fully saturated rings. The molecule has 4 heteroatoms. The lowest BCUT2D eigenvalue weighted by molar-refractivity contribution is -0.129. The average Bonchev–Trinajstić information content (AvgIpc) is 3.23. The van der Waals surface area contributed by atoms with Gasteiger partial charge >= 0.3 is 0 Å². The van der Waals surface area contributed by atoms with Gasteiger partial charge in [0.15, 0.2) is 0 Å². The van der Waals surface area contributed by atoms with E-state index in [0.717, 1.165) is 28.9 Å². The van der Waals surface area contributed by atoms with Gasteiger partial charge in [-0.2, -0.15) is 0 Å². The molecule has 138 valence electrons. The van der Waals surface area contributed by atoms with Gasteiger partial charge in [-0.05, 0) is 67.5 Å². The summed E-state index contributed by atoms with van der Waals surface area (Å²) < 4.78 is 0. The standard InChI is InChI=1S/C23H24N2O2/c1-14-5-3-7-18(11-14)24-22(26)20-16-9-10-17(13-16)21(20)23(27)25-19-8-4-6-15(2)12-19/h3-12,16-17,20-21H,13H2,1-2H3,(H,24,26)(H,25,27)/t16-,17-,20-,21-/m0/s1. The minimum Gasteiger partial charge on any atom is -0.326 e. The van der Waals surface area contributed by atoms with Gasteiger partial charge in [0.05, 0.1) is 11.8 Å². The summed E-state index contributed by atoms with van der Waals surface area (Å²) in [6, 6.07) is 15.5. The van der Waals surface area contributed by atoms with E-state index in [9.17, 15) is 9.59 Å². The lowest BCUT2D eigenvalue weighted by Gasteiger charge is -2.26. The molecule has 2 amide bonds. The van der Waals surface area contributed by atoms with Crippen LogP contribution in [0.4, 0.5) is 11.4 Å². The molecule has 27 heavy (non-hydrogen) atoms. The second-order valence-corrected chi connectivity index (χ2v) is 7.72. The van der Waals surface area contributed by atoms with Crippen LogP contribution in [0.3, 0.4) is 0 Å². The fraction of sp³-hybridized carbons (Fsp3) is 0.304. The third-order valence-corrected chi connectivity index (χ3v) is 5.64. The van der Waals surface area contributed by atoms with E-state index in [-0.39, 0.29) is 35.5 Å². The number of nitrogens with one attached hydrogen (secondary N) is 2. The lowest BCUT2D eigenvalue weighted by atomic mass is 9.81. The second kappa shape index (κ2) is 7.03. The van der Waals surface area contributed by atoms with Crippen LogP contribution >= 0.6 is 0 Å². The Morgan fingerprint density at radius 1 is 0.778 bits per heavy atom. The zero-order valence-electron chi connectivity index (χ0n) is 15.6. The molecule has 0 unspecified atom stereocenters. The van der Waals surface area contributed by atoms with Gasteiger partial charge < -0.3 is 10.6 Å². The van der Waals surface area contributed by atoms with Crippen molar-refractivity contribution >= 4 is 23.2 Å². The first-order chi connectivity index (χ1) is 13.0. The summed E-state index contributed by atoms with van der Waals surface area (Å²) in [6.45, 7) is 3.99. The summed E-state index contributed by atoms with van der Waals surface area (Å²) >= 11 is 0. The van der Waals surface area contributed by atoms with Gasteiger partial charge in [-0.1, -0.05) is 36.4 Å². The normalized spacial score (nSPS) is 25.4. The van der Waals surface area contributed by atoms with Crippen LogP contribution in [0.2, 0.25) is 0 Å². The van der Waals surface area contributed by atoms with Crippen molar-refractivity contribution in [3.8, 4) is 0 Å². The number of allylic oxidation sites excluding steroid dienone is 2. The molecule has 0 radical (unpaired) electrons. The molecule has 2 aliphatic carbocycles. The van der Waals surface area contributed by atoms with Gasteiger partial charge in [-0.3, -0.25) is 9.59 Å². The number of carbonyl (C=O) groups excluding carboxylic acids is 2. The zero-order chi connectivity index (χ0) is 19.0. The molecule has 0 saturated heterocycles. The van der Waals surface area contributed by atoms with E-state index >= 15 is 0 Å². The zero-order valence-corrected chi connectivity index (χ0v) is 15.6. The Kier molecular flexibility index (Phi) is 4.56. The fourth-order valence-electron chi connectivity index (χ4n) is 4.43. The Bertz CT molecular complexity index is 845. The van der Waals surface area contributed by atoms with E-state index in [0.29, 0.717) is 0 Å². The van der Waals surface area contributed by atoms with Crippen molar-refractivity contribution < 1.29 is 9.59 Å². The third kappa shape index (κ3) is 3.52. The van der Waals surface area contributed by atoms with Crippen LogP contribution < -0.4 is 10.6 Å². The van der Waals surface area contributed by atoms with E-state index in [4.69, 9.17) is 0 Å². The Labute approximate surface area is 159 Å². The number of fused-ring (bicyclic) bond motifs is 2. The van der Waals surface area contributed by atoms with Crippen LogP contribution in [0.5, 0.6) is 0 Å². The average molecular weight is 360 g/mol. The van der Waals surface area contributed by atoms with Gasteiger partial charge in [-0.15, -0.1) is 0 Å². The Morgan fingerprint density at radius 3 is 1.63 bits per heavy atom. The smallest absolute Gasteiger partial charge is 0.228 e. The molecule has 2 aromatic carbocycles. The highest BCUT2D eigenvalue weighted by atomic mass is 16.2. The molecule has 0 spiro atoms. The SMILES string of the molecule is Cc1cccc(NC(=O)[C@@H]2[C@@H](C(=O)Nc3cccc(C)c3)[C@H]3C=C[C@H]2C3)c1. The third-order valence-electron chi connectivity index (χ3n) is 5.64. The molecule has 0 aromatic heterocycles. The highest BCUT2D eigenvalue weighted by molar-refractivity contribution is 6.01. The first kappa shape index (κ1) is 17.5. The van der Waals surface area contributed by atoms with Gasteiger partial charge in [0, 0.05) is 11.4 Å². The van der Waals surface area contributed by atoms with Crippen molar-refractivity contribution in [3.05, 3.63) is 71.8 Å². The molecule has 4 rings (SSSR count). The molecule has 4 atom stereocenters. The Hall–Kier alpha value is -2.88. The van der Waals surface area contributed by atoms with E-state index in [1.807, 2.05) is 62.4 Å². The van der Waals surface area contributed by atoms with Gasteiger partial charge in [0.1, 0.15) is 0 Å². The maximum atomic E-state index is 13.0. The van der Waals surface area contributed by atoms with Crippen molar-refractivity contribution in [3.63, 3.8) is 0 Å². The van der Waals surface area contributed by atoms with Crippen LogP contribution in [0.1, 0.15) is 17.5 Å². The summed E-state index contributed by atoms with van der Waals surface area (Å²) in [5.41, 5.74) is 3.75. The number of hydrogen-bond donors (Lipinski definition) is 2. The summed E-state index contributed by atoms with van der Waals surface area (Å²) in [4.78, 5) is 26.0. The van der Waals surface area contributed by atoms with Crippen LogP contribution in [0.15, 0.2) is 60.7 Å². The molecular weight excluding hydrogens is 336 g/mol. The van der Waals surface area contributed by atoms with Gasteiger partial charge in [-0.25, -0.2) is 0 Å². The first-order valence-corrected chi connectivity index (χ1v) is 9.44. The molecule has 4 nitrogen and oxygen atoms in total. The number of anilines is 2. The van der Waals surface area contributed by atoms with Crippen molar-refractivity contribution in [1.29, 1.82) is 0 Å². The Morgan fingerprint density at radius 2 is 1.22 bits per heavy atom. The van der Waals surface area contributed by atoms with Crippen LogP contribution in [0, 0.1) is 37.5 Å². The van der Waals surface area contributed by atoms with Crippen LogP contribution in [-0.2, 0) is 9.59 Å². The van der Waals surface area contributed by atoms with Crippen molar-refractivity contribution in [1.82, 2.24) is 0 Å². The van der Waals surface area contributed by atoms with Crippen LogP contribution in [-0.4, -0.2) is 11.8 Å². The molecule has 2 aliphatic rings. The molecule has 2 bridgehead atoms. The molecule has 2 aromatic rings. The summed E-state index contributed by atoms with van der Waals surface area (Å²) in [6.07, 6.45) is 5.07. The number of amides is 2. The molecule has 0 aliphatic heterocycles. The van der Waals surface area contributed by atoms with Gasteiger partial charge in [0.25, 0.3) is 0 Å². The molecule has 0 heterocycles. The van der Waals surface area contributed by atoms with E-state index in [2.05, 4.69) is 22.8 Å². The number of carbonyl (C=O) groups is 2. The van der Waals surface area contributed by atoms with E-state index in [1.54, 1.807) is 0 Å². The molecule has 2 N–H and O–H groups in total. The van der Waals surface area contributed by atoms with Crippen LogP contribution in [0.25, 0.3) is 0 Å². The quantitative estimate of drug-likeness (QED) is 0.798.